The predicted octanol–water partition coefficient (Wildman–Crippen LogP) is 2.29. The number of ether oxygens (including phenoxy) is 1. The fourth-order valence-corrected chi connectivity index (χ4v) is 2.00. The van der Waals surface area contributed by atoms with Crippen molar-refractivity contribution < 1.29 is 4.74 Å². The van der Waals surface area contributed by atoms with E-state index in [0.717, 1.165) is 18.8 Å². The lowest BCUT2D eigenvalue weighted by molar-refractivity contribution is 0.356. The molecule has 2 rings (SSSR count). The van der Waals surface area contributed by atoms with Crippen LogP contribution in [0, 0.1) is 12.3 Å². The average Bonchev–Trinajstić information content (AvgIpc) is 2.75. The molecule has 0 fully saturated rings. The summed E-state index contributed by atoms with van der Waals surface area (Å²) in [4.78, 5) is 0. The fraction of sp³-hybridized carbons (Fsp3) is 0.429. The minimum absolute atomic E-state index is 0.0968. The zero-order valence-corrected chi connectivity index (χ0v) is 9.79. The van der Waals surface area contributed by atoms with Gasteiger partial charge in [-0.3, -0.25) is 5.32 Å². The number of fused-ring (bicyclic) bond motifs is 1. The molecule has 1 N–H and O–H groups in total. The zero-order valence-electron chi connectivity index (χ0n) is 9.79. The molecule has 1 aliphatic heterocycles. The second-order valence-corrected chi connectivity index (χ2v) is 4.24. The molecule has 0 aliphatic carbocycles. The molecule has 1 aromatic rings. The van der Waals surface area contributed by atoms with E-state index < -0.39 is 0 Å². The molecule has 16 heavy (non-hydrogen) atoms. The van der Waals surface area contributed by atoms with Crippen molar-refractivity contribution in [3.05, 3.63) is 29.3 Å². The van der Waals surface area contributed by atoms with Gasteiger partial charge in [-0.15, -0.1) is 6.42 Å². The van der Waals surface area contributed by atoms with E-state index >= 15 is 0 Å². The SMILES string of the molecule is C#CC(C)NC(C)c1ccc2c(c1)CCO2. The molecule has 0 radical (unpaired) electrons. The van der Waals surface area contributed by atoms with Crippen molar-refractivity contribution in [2.45, 2.75) is 32.4 Å². The van der Waals surface area contributed by atoms with E-state index in [9.17, 15) is 0 Å². The van der Waals surface area contributed by atoms with Crippen LogP contribution in [0.25, 0.3) is 0 Å². The molecule has 0 amide bonds. The first-order chi connectivity index (χ1) is 7.70. The van der Waals surface area contributed by atoms with Crippen molar-refractivity contribution in [1.82, 2.24) is 5.32 Å². The normalized spacial score (nSPS) is 17.1. The van der Waals surface area contributed by atoms with Crippen LogP contribution in [0.5, 0.6) is 5.75 Å². The first-order valence-electron chi connectivity index (χ1n) is 5.68. The van der Waals surface area contributed by atoms with Crippen LogP contribution in [0.3, 0.4) is 0 Å². The lowest BCUT2D eigenvalue weighted by atomic mass is 10.0. The van der Waals surface area contributed by atoms with Gasteiger partial charge in [-0.25, -0.2) is 0 Å². The molecule has 0 saturated heterocycles. The minimum Gasteiger partial charge on any atom is -0.493 e. The Bertz CT molecular complexity index is 419. The quantitative estimate of drug-likeness (QED) is 0.781. The van der Waals surface area contributed by atoms with E-state index in [1.54, 1.807) is 0 Å². The van der Waals surface area contributed by atoms with Gasteiger partial charge in [0, 0.05) is 12.5 Å². The first-order valence-corrected chi connectivity index (χ1v) is 5.68. The molecule has 1 aliphatic rings. The minimum atomic E-state index is 0.0968. The molecule has 0 aromatic heterocycles. The van der Waals surface area contributed by atoms with Gasteiger partial charge in [-0.1, -0.05) is 18.1 Å². The molecule has 0 saturated carbocycles. The van der Waals surface area contributed by atoms with Crippen LogP contribution in [0.15, 0.2) is 18.2 Å². The summed E-state index contributed by atoms with van der Waals surface area (Å²) in [5, 5.41) is 3.36. The summed E-state index contributed by atoms with van der Waals surface area (Å²) in [7, 11) is 0. The predicted molar refractivity (Wildman–Crippen MR) is 65.5 cm³/mol. The van der Waals surface area contributed by atoms with Crippen LogP contribution >= 0.6 is 0 Å². The Labute approximate surface area is 97.0 Å². The summed E-state index contributed by atoms with van der Waals surface area (Å²) in [6, 6.07) is 6.74. The third-order valence-electron chi connectivity index (χ3n) is 2.96. The summed E-state index contributed by atoms with van der Waals surface area (Å²) in [5.74, 6) is 3.71. The Morgan fingerprint density at radius 2 is 2.25 bits per heavy atom. The number of nitrogens with one attached hydrogen (secondary N) is 1. The molecule has 1 aromatic carbocycles. The topological polar surface area (TPSA) is 21.3 Å². The van der Waals surface area contributed by atoms with Crippen LogP contribution in [0.4, 0.5) is 0 Å². The van der Waals surface area contributed by atoms with Gasteiger partial charge in [-0.2, -0.15) is 0 Å². The summed E-state index contributed by atoms with van der Waals surface area (Å²) in [6.45, 7) is 4.93. The van der Waals surface area contributed by atoms with Crippen LogP contribution < -0.4 is 10.1 Å². The second kappa shape index (κ2) is 4.59. The fourth-order valence-electron chi connectivity index (χ4n) is 2.00. The van der Waals surface area contributed by atoms with Crippen molar-refractivity contribution in [3.8, 4) is 18.1 Å². The van der Waals surface area contributed by atoms with Crippen LogP contribution in [0.2, 0.25) is 0 Å². The lowest BCUT2D eigenvalue weighted by Gasteiger charge is -2.17. The smallest absolute Gasteiger partial charge is 0.122 e. The van der Waals surface area contributed by atoms with Crippen molar-refractivity contribution in [1.29, 1.82) is 0 Å². The molecule has 2 heteroatoms. The van der Waals surface area contributed by atoms with Crippen LogP contribution in [-0.4, -0.2) is 12.6 Å². The van der Waals surface area contributed by atoms with E-state index in [1.807, 2.05) is 6.92 Å². The van der Waals surface area contributed by atoms with Gasteiger partial charge < -0.3 is 4.74 Å². The highest BCUT2D eigenvalue weighted by molar-refractivity contribution is 5.40. The molecular formula is C14H17NO. The maximum atomic E-state index is 5.48. The van der Waals surface area contributed by atoms with Gasteiger partial charge in [0.2, 0.25) is 0 Å². The number of rotatable bonds is 3. The Morgan fingerprint density at radius 3 is 3.00 bits per heavy atom. The summed E-state index contributed by atoms with van der Waals surface area (Å²) < 4.78 is 5.48. The molecule has 0 spiro atoms. The van der Waals surface area contributed by atoms with E-state index in [2.05, 4.69) is 36.4 Å². The van der Waals surface area contributed by atoms with Crippen LogP contribution in [-0.2, 0) is 6.42 Å². The maximum Gasteiger partial charge on any atom is 0.122 e. The maximum absolute atomic E-state index is 5.48. The molecule has 2 nitrogen and oxygen atoms in total. The molecule has 84 valence electrons. The molecule has 1 heterocycles. The van der Waals surface area contributed by atoms with Gasteiger partial charge in [-0.05, 0) is 31.0 Å². The Morgan fingerprint density at radius 1 is 1.44 bits per heavy atom. The number of hydrogen-bond donors (Lipinski definition) is 1. The van der Waals surface area contributed by atoms with Gasteiger partial charge in [0.25, 0.3) is 0 Å². The monoisotopic (exact) mass is 215 g/mol. The summed E-state index contributed by atoms with van der Waals surface area (Å²) in [6.07, 6.45) is 6.37. The molecule has 2 atom stereocenters. The van der Waals surface area contributed by atoms with Gasteiger partial charge in [0.05, 0.1) is 12.6 Å². The standard InChI is InChI=1S/C14H17NO/c1-4-10(2)15-11(3)12-5-6-14-13(9-12)7-8-16-14/h1,5-6,9-11,15H,7-8H2,2-3H3. The van der Waals surface area contributed by atoms with Crippen molar-refractivity contribution in [3.63, 3.8) is 0 Å². The highest BCUT2D eigenvalue weighted by Crippen LogP contribution is 2.28. The van der Waals surface area contributed by atoms with Crippen LogP contribution in [0.1, 0.15) is 31.0 Å². The summed E-state index contributed by atoms with van der Waals surface area (Å²) in [5.41, 5.74) is 2.57. The van der Waals surface area contributed by atoms with E-state index in [4.69, 9.17) is 11.2 Å². The van der Waals surface area contributed by atoms with Crippen molar-refractivity contribution in [2.24, 2.45) is 0 Å². The molecule has 0 bridgehead atoms. The highest BCUT2D eigenvalue weighted by Gasteiger charge is 2.14. The molecule has 2 unspecified atom stereocenters. The largest absolute Gasteiger partial charge is 0.493 e. The zero-order chi connectivity index (χ0) is 11.5. The van der Waals surface area contributed by atoms with Crippen molar-refractivity contribution in [2.75, 3.05) is 6.61 Å². The lowest BCUT2D eigenvalue weighted by Crippen LogP contribution is -2.27. The van der Waals surface area contributed by atoms with E-state index in [-0.39, 0.29) is 12.1 Å². The Balaban J connectivity index is 2.12. The Kier molecular flexibility index (Phi) is 3.17. The highest BCUT2D eigenvalue weighted by atomic mass is 16.5. The number of terminal acetylenes is 1. The third kappa shape index (κ3) is 2.20. The Hall–Kier alpha value is -1.46. The van der Waals surface area contributed by atoms with Gasteiger partial charge >= 0.3 is 0 Å². The van der Waals surface area contributed by atoms with Crippen molar-refractivity contribution >= 4 is 0 Å². The van der Waals surface area contributed by atoms with E-state index in [1.165, 1.54) is 11.1 Å². The van der Waals surface area contributed by atoms with Gasteiger partial charge in [0.1, 0.15) is 5.75 Å². The van der Waals surface area contributed by atoms with E-state index in [0.29, 0.717) is 0 Å². The average molecular weight is 215 g/mol. The third-order valence-corrected chi connectivity index (χ3v) is 2.96. The summed E-state index contributed by atoms with van der Waals surface area (Å²) >= 11 is 0. The van der Waals surface area contributed by atoms with Gasteiger partial charge in [0.15, 0.2) is 0 Å². The first kappa shape index (κ1) is 11.0. The molecular weight excluding hydrogens is 198 g/mol. The second-order valence-electron chi connectivity index (χ2n) is 4.24. The number of hydrogen-bond acceptors (Lipinski definition) is 2. The number of benzene rings is 1.